The standard InChI is InChI=1S/C22H14F2N4O3S/c23-16-10-18(24)21-19(11-16)32-22(26-21)27(13-15-2-1-9-25-12-15)20(29)8-5-14-3-6-17(7-4-14)28(30)31/h1-12H,13H2/b8-5+. The Morgan fingerprint density at radius 3 is 2.66 bits per heavy atom. The SMILES string of the molecule is O=C(/C=C/c1ccc([N+](=O)[O-])cc1)N(Cc1cccnc1)c1nc2c(F)cc(F)cc2s1. The number of amides is 1. The summed E-state index contributed by atoms with van der Waals surface area (Å²) in [4.78, 5) is 32.9. The van der Waals surface area contributed by atoms with Gasteiger partial charge in [-0.1, -0.05) is 17.4 Å². The van der Waals surface area contributed by atoms with Gasteiger partial charge >= 0.3 is 0 Å². The first-order chi connectivity index (χ1) is 15.4. The molecule has 0 saturated heterocycles. The number of pyridine rings is 1. The third-order valence-electron chi connectivity index (χ3n) is 4.48. The summed E-state index contributed by atoms with van der Waals surface area (Å²) in [5, 5.41) is 11.0. The summed E-state index contributed by atoms with van der Waals surface area (Å²) in [6.45, 7) is 0.112. The number of anilines is 1. The van der Waals surface area contributed by atoms with E-state index in [4.69, 9.17) is 0 Å². The molecular weight excluding hydrogens is 438 g/mol. The quantitative estimate of drug-likeness (QED) is 0.230. The molecule has 4 aromatic rings. The molecule has 10 heteroatoms. The second-order valence-corrected chi connectivity index (χ2v) is 7.71. The summed E-state index contributed by atoms with van der Waals surface area (Å²) in [5.74, 6) is -1.99. The largest absolute Gasteiger partial charge is 0.280 e. The summed E-state index contributed by atoms with van der Waals surface area (Å²) in [5.41, 5.74) is 1.23. The molecule has 2 aromatic carbocycles. The Morgan fingerprint density at radius 2 is 1.97 bits per heavy atom. The Balaban J connectivity index is 1.66. The van der Waals surface area contributed by atoms with Crippen LogP contribution in [0.25, 0.3) is 16.3 Å². The molecule has 0 unspecified atom stereocenters. The third-order valence-corrected chi connectivity index (χ3v) is 5.51. The highest BCUT2D eigenvalue weighted by Gasteiger charge is 2.20. The van der Waals surface area contributed by atoms with Crippen LogP contribution in [0.4, 0.5) is 19.6 Å². The number of nitrogens with zero attached hydrogens (tertiary/aromatic N) is 4. The second-order valence-electron chi connectivity index (χ2n) is 6.70. The number of thiazole rings is 1. The van der Waals surface area contributed by atoms with E-state index < -0.39 is 22.5 Å². The molecule has 0 radical (unpaired) electrons. The summed E-state index contributed by atoms with van der Waals surface area (Å²) in [6, 6.07) is 11.1. The van der Waals surface area contributed by atoms with Gasteiger partial charge in [0, 0.05) is 36.7 Å². The van der Waals surface area contributed by atoms with Crippen LogP contribution >= 0.6 is 11.3 Å². The minimum atomic E-state index is -0.808. The van der Waals surface area contributed by atoms with Crippen LogP contribution in [0.15, 0.2) is 67.0 Å². The number of fused-ring (bicyclic) bond motifs is 1. The predicted molar refractivity (Wildman–Crippen MR) is 117 cm³/mol. The van der Waals surface area contributed by atoms with Crippen molar-refractivity contribution in [1.82, 2.24) is 9.97 Å². The zero-order valence-corrected chi connectivity index (χ0v) is 17.1. The molecule has 32 heavy (non-hydrogen) atoms. The monoisotopic (exact) mass is 452 g/mol. The lowest BCUT2D eigenvalue weighted by molar-refractivity contribution is -0.384. The van der Waals surface area contributed by atoms with E-state index in [0.717, 1.165) is 23.0 Å². The van der Waals surface area contributed by atoms with E-state index in [0.29, 0.717) is 5.56 Å². The van der Waals surface area contributed by atoms with Gasteiger partial charge in [0.15, 0.2) is 10.9 Å². The first-order valence-electron chi connectivity index (χ1n) is 9.29. The summed E-state index contributed by atoms with van der Waals surface area (Å²) < 4.78 is 28.0. The van der Waals surface area contributed by atoms with Crippen molar-refractivity contribution in [3.8, 4) is 0 Å². The molecule has 0 saturated carbocycles. The van der Waals surface area contributed by atoms with Gasteiger partial charge in [0.05, 0.1) is 16.2 Å². The lowest BCUT2D eigenvalue weighted by atomic mass is 10.2. The van der Waals surface area contributed by atoms with Gasteiger partial charge in [0.25, 0.3) is 11.6 Å². The highest BCUT2D eigenvalue weighted by Crippen LogP contribution is 2.32. The Bertz CT molecular complexity index is 1320. The highest BCUT2D eigenvalue weighted by atomic mass is 32.1. The molecule has 0 aliphatic rings. The van der Waals surface area contributed by atoms with Gasteiger partial charge in [0.2, 0.25) is 0 Å². The summed E-state index contributed by atoms with van der Waals surface area (Å²) in [6.07, 6.45) is 5.99. The predicted octanol–water partition coefficient (Wildman–Crippen LogP) is 5.12. The molecular formula is C22H14F2N4O3S. The average Bonchev–Trinajstić information content (AvgIpc) is 3.21. The maximum absolute atomic E-state index is 14.1. The fourth-order valence-electron chi connectivity index (χ4n) is 2.94. The zero-order chi connectivity index (χ0) is 22.7. The number of nitro groups is 1. The van der Waals surface area contributed by atoms with Crippen LogP contribution in [0, 0.1) is 21.7 Å². The Morgan fingerprint density at radius 1 is 1.19 bits per heavy atom. The van der Waals surface area contributed by atoms with Crippen molar-refractivity contribution in [2.75, 3.05) is 4.90 Å². The number of carbonyl (C=O) groups is 1. The number of benzene rings is 2. The van der Waals surface area contributed by atoms with E-state index in [9.17, 15) is 23.7 Å². The molecule has 2 heterocycles. The van der Waals surface area contributed by atoms with Crippen molar-refractivity contribution in [1.29, 1.82) is 0 Å². The number of halogens is 2. The van der Waals surface area contributed by atoms with Gasteiger partial charge in [-0.15, -0.1) is 0 Å². The number of hydrogen-bond donors (Lipinski definition) is 0. The van der Waals surface area contributed by atoms with E-state index in [1.807, 2.05) is 0 Å². The molecule has 0 fully saturated rings. The Labute approximate surface area is 184 Å². The second kappa shape index (κ2) is 8.98. The molecule has 1 amide bonds. The molecule has 4 rings (SSSR count). The maximum Gasteiger partial charge on any atom is 0.269 e. The molecule has 0 aliphatic heterocycles. The first-order valence-corrected chi connectivity index (χ1v) is 10.1. The van der Waals surface area contributed by atoms with Gasteiger partial charge in [-0.3, -0.25) is 24.8 Å². The van der Waals surface area contributed by atoms with Crippen LogP contribution in [0.5, 0.6) is 0 Å². The van der Waals surface area contributed by atoms with Crippen molar-refractivity contribution >= 4 is 44.4 Å². The van der Waals surface area contributed by atoms with Crippen LogP contribution in [-0.4, -0.2) is 20.8 Å². The fourth-order valence-corrected chi connectivity index (χ4v) is 3.95. The van der Waals surface area contributed by atoms with Crippen LogP contribution < -0.4 is 4.90 Å². The van der Waals surface area contributed by atoms with Crippen molar-refractivity contribution in [2.45, 2.75) is 6.54 Å². The summed E-state index contributed by atoms with van der Waals surface area (Å²) >= 11 is 0.993. The van der Waals surface area contributed by atoms with Crippen molar-refractivity contribution in [2.24, 2.45) is 0 Å². The molecule has 0 aliphatic carbocycles. The van der Waals surface area contributed by atoms with Crippen LogP contribution in [0.3, 0.4) is 0 Å². The Hall–Kier alpha value is -4.05. The van der Waals surface area contributed by atoms with Gasteiger partial charge in [0.1, 0.15) is 11.3 Å². The molecule has 2 aromatic heterocycles. The first kappa shape index (κ1) is 21.2. The fraction of sp³-hybridized carbons (Fsp3) is 0.0455. The lowest BCUT2D eigenvalue weighted by Crippen LogP contribution is -2.28. The van der Waals surface area contributed by atoms with E-state index in [1.54, 1.807) is 24.5 Å². The van der Waals surface area contributed by atoms with Crippen LogP contribution in [0.1, 0.15) is 11.1 Å². The van der Waals surface area contributed by atoms with E-state index in [1.165, 1.54) is 47.4 Å². The van der Waals surface area contributed by atoms with E-state index in [-0.39, 0.29) is 27.6 Å². The smallest absolute Gasteiger partial charge is 0.269 e. The van der Waals surface area contributed by atoms with Crippen molar-refractivity contribution < 1.29 is 18.5 Å². The minimum Gasteiger partial charge on any atom is -0.280 e. The number of hydrogen-bond acceptors (Lipinski definition) is 6. The molecule has 7 nitrogen and oxygen atoms in total. The molecule has 160 valence electrons. The zero-order valence-electron chi connectivity index (χ0n) is 16.3. The van der Waals surface area contributed by atoms with E-state index in [2.05, 4.69) is 9.97 Å². The highest BCUT2D eigenvalue weighted by molar-refractivity contribution is 7.22. The Kier molecular flexibility index (Phi) is 5.95. The van der Waals surface area contributed by atoms with Gasteiger partial charge in [-0.2, -0.15) is 0 Å². The minimum absolute atomic E-state index is 0.0188. The number of aromatic nitrogens is 2. The van der Waals surface area contributed by atoms with Crippen LogP contribution in [0.2, 0.25) is 0 Å². The molecule has 0 atom stereocenters. The molecule has 0 spiro atoms. The maximum atomic E-state index is 14.1. The van der Waals surface area contributed by atoms with E-state index >= 15 is 0 Å². The van der Waals surface area contributed by atoms with Crippen molar-refractivity contribution in [3.63, 3.8) is 0 Å². The summed E-state index contributed by atoms with van der Waals surface area (Å²) in [7, 11) is 0. The van der Waals surface area contributed by atoms with Crippen molar-refractivity contribution in [3.05, 3.63) is 99.9 Å². The normalized spacial score (nSPS) is 11.2. The number of nitro benzene ring substituents is 1. The molecule has 0 bridgehead atoms. The average molecular weight is 452 g/mol. The number of non-ortho nitro benzene ring substituents is 1. The van der Waals surface area contributed by atoms with Gasteiger partial charge < -0.3 is 0 Å². The van der Waals surface area contributed by atoms with Crippen LogP contribution in [-0.2, 0) is 11.3 Å². The number of carbonyl (C=O) groups excluding carboxylic acids is 1. The topological polar surface area (TPSA) is 89.2 Å². The number of rotatable bonds is 6. The lowest BCUT2D eigenvalue weighted by Gasteiger charge is -2.18. The van der Waals surface area contributed by atoms with Gasteiger partial charge in [-0.25, -0.2) is 13.8 Å². The van der Waals surface area contributed by atoms with Gasteiger partial charge in [-0.05, 0) is 41.5 Å². The third kappa shape index (κ3) is 4.65. The molecule has 0 N–H and O–H groups in total.